The molecule has 3 fully saturated rings. The summed E-state index contributed by atoms with van der Waals surface area (Å²) < 4.78 is 31.6. The molecular formula is C55H84N6O12. The molecule has 1 aromatic rings. The SMILES string of the molecule is CCC#N.CO[C@H]1CC2CC[C@@H](C)[C@@](O)(O2)C(=O)C(=O)N2CCCC[C@H]2C(=O)O[C@H]([C@H](C)C[C@@H]2CC[C@H](n3cnnn3)[C@H](OC)C2)CC(=O)[C@H](C)/C=C(\C)[C@@H](O)[C@@H](OC)C(=O)[C@H](C)C[C@H](C)/C=C/C=CC=C1C. The number of carbonyl (C=O) groups excluding carboxylic acids is 5. The number of nitriles is 1. The molecule has 1 aromatic heterocycles. The lowest BCUT2D eigenvalue weighted by molar-refractivity contribution is -0.265. The first-order chi connectivity index (χ1) is 34.7. The van der Waals surface area contributed by atoms with Crippen LogP contribution in [0, 0.1) is 46.8 Å². The fourth-order valence-electron chi connectivity index (χ4n) is 10.7. The van der Waals surface area contributed by atoms with Crippen LogP contribution in [-0.4, -0.2) is 141 Å². The van der Waals surface area contributed by atoms with Crippen LogP contribution < -0.4 is 0 Å². The van der Waals surface area contributed by atoms with E-state index >= 15 is 0 Å². The van der Waals surface area contributed by atoms with E-state index in [1.54, 1.807) is 52.1 Å². The Morgan fingerprint density at radius 2 is 1.64 bits per heavy atom. The van der Waals surface area contributed by atoms with Gasteiger partial charge in [0.15, 0.2) is 5.78 Å². The van der Waals surface area contributed by atoms with E-state index in [-0.39, 0.29) is 60.9 Å². The summed E-state index contributed by atoms with van der Waals surface area (Å²) in [5.74, 6) is -7.92. The topological polar surface area (TPSA) is 243 Å². The average Bonchev–Trinajstić information content (AvgIpc) is 3.93. The number of aliphatic hydroxyl groups excluding tert-OH is 1. The molecule has 406 valence electrons. The Bertz CT molecular complexity index is 2140. The minimum atomic E-state index is -2.43. The third-order valence-electron chi connectivity index (χ3n) is 15.3. The maximum absolute atomic E-state index is 14.5. The summed E-state index contributed by atoms with van der Waals surface area (Å²) in [6, 6.07) is 0.736. The van der Waals surface area contributed by atoms with E-state index in [1.807, 2.05) is 71.1 Å². The summed E-state index contributed by atoms with van der Waals surface area (Å²) in [7, 11) is 4.62. The van der Waals surface area contributed by atoms with Crippen molar-refractivity contribution in [2.45, 2.75) is 193 Å². The number of ether oxygens (including phenoxy) is 5. The van der Waals surface area contributed by atoms with E-state index in [4.69, 9.17) is 28.9 Å². The number of methoxy groups -OCH3 is 3. The normalized spacial score (nSPS) is 35.8. The molecule has 2 saturated heterocycles. The number of amides is 1. The van der Waals surface area contributed by atoms with Gasteiger partial charge in [-0.2, -0.15) is 5.26 Å². The van der Waals surface area contributed by atoms with Crippen LogP contribution >= 0.6 is 0 Å². The number of aromatic nitrogens is 4. The molecule has 4 aliphatic rings. The Hall–Kier alpha value is -4.77. The van der Waals surface area contributed by atoms with Gasteiger partial charge < -0.3 is 38.8 Å². The van der Waals surface area contributed by atoms with Crippen LogP contribution in [0.2, 0.25) is 0 Å². The highest BCUT2D eigenvalue weighted by Crippen LogP contribution is 2.39. The zero-order chi connectivity index (χ0) is 54.0. The molecule has 0 spiro atoms. The predicted octanol–water partition coefficient (Wildman–Crippen LogP) is 6.97. The zero-order valence-corrected chi connectivity index (χ0v) is 45.2. The molecule has 1 amide bonds. The fourth-order valence-corrected chi connectivity index (χ4v) is 10.7. The van der Waals surface area contributed by atoms with Gasteiger partial charge in [-0.3, -0.25) is 19.2 Å². The lowest BCUT2D eigenvalue weighted by atomic mass is 9.77. The zero-order valence-electron chi connectivity index (χ0n) is 45.2. The van der Waals surface area contributed by atoms with Crippen LogP contribution in [0.3, 0.4) is 0 Å². The number of esters is 1. The van der Waals surface area contributed by atoms with Crippen LogP contribution in [0.25, 0.3) is 0 Å². The number of allylic oxidation sites excluding steroid dienone is 6. The van der Waals surface area contributed by atoms with Crippen molar-refractivity contribution >= 4 is 29.2 Å². The fraction of sp³-hybridized carbons (Fsp3) is 0.727. The monoisotopic (exact) mass is 1020 g/mol. The Morgan fingerprint density at radius 3 is 2.29 bits per heavy atom. The van der Waals surface area contributed by atoms with Gasteiger partial charge in [0, 0.05) is 64.9 Å². The van der Waals surface area contributed by atoms with Crippen LogP contribution in [0.4, 0.5) is 0 Å². The molecule has 0 radical (unpaired) electrons. The number of ketones is 3. The number of fused-ring (bicyclic) bond motifs is 3. The molecule has 73 heavy (non-hydrogen) atoms. The molecule has 1 unspecified atom stereocenters. The second kappa shape index (κ2) is 29.4. The van der Waals surface area contributed by atoms with Crippen molar-refractivity contribution in [3.63, 3.8) is 0 Å². The number of Topliss-reactive ketones (excluding diaryl/α,β-unsaturated/α-hetero) is 3. The number of cyclic esters (lactones) is 1. The minimum Gasteiger partial charge on any atom is -0.460 e. The Balaban J connectivity index is 0.00000278. The largest absolute Gasteiger partial charge is 0.460 e. The average molecular weight is 1020 g/mol. The number of rotatable bonds is 7. The van der Waals surface area contributed by atoms with Crippen molar-refractivity contribution in [3.8, 4) is 6.07 Å². The van der Waals surface area contributed by atoms with Gasteiger partial charge >= 0.3 is 5.97 Å². The van der Waals surface area contributed by atoms with Crippen LogP contribution in [0.15, 0.2) is 53.9 Å². The molecule has 1 aliphatic carbocycles. The molecule has 2 bridgehead atoms. The van der Waals surface area contributed by atoms with Crippen LogP contribution in [0.1, 0.15) is 145 Å². The summed E-state index contributed by atoms with van der Waals surface area (Å²) >= 11 is 0. The molecule has 3 aliphatic heterocycles. The van der Waals surface area contributed by atoms with Gasteiger partial charge in [-0.1, -0.05) is 78.0 Å². The van der Waals surface area contributed by atoms with E-state index in [1.165, 1.54) is 12.0 Å². The van der Waals surface area contributed by atoms with Gasteiger partial charge in [0.2, 0.25) is 5.79 Å². The number of piperidine rings is 1. The first kappa shape index (κ1) is 60.8. The van der Waals surface area contributed by atoms with Crippen molar-refractivity contribution in [1.29, 1.82) is 5.26 Å². The molecule has 4 heterocycles. The smallest absolute Gasteiger partial charge is 0.329 e. The van der Waals surface area contributed by atoms with Crippen LogP contribution in [-0.2, 0) is 47.7 Å². The second-order valence-electron chi connectivity index (χ2n) is 20.9. The number of hydrogen-bond donors (Lipinski definition) is 2. The van der Waals surface area contributed by atoms with E-state index in [9.17, 15) is 34.2 Å². The molecule has 18 heteroatoms. The highest BCUT2D eigenvalue weighted by molar-refractivity contribution is 6.39. The second-order valence-corrected chi connectivity index (χ2v) is 20.9. The van der Waals surface area contributed by atoms with Crippen molar-refractivity contribution in [2.75, 3.05) is 27.9 Å². The maximum Gasteiger partial charge on any atom is 0.329 e. The van der Waals surface area contributed by atoms with Crippen molar-refractivity contribution in [1.82, 2.24) is 25.1 Å². The summed E-state index contributed by atoms with van der Waals surface area (Å²) in [5.41, 5.74) is 1.27. The van der Waals surface area contributed by atoms with Crippen LogP contribution in [0.5, 0.6) is 0 Å². The van der Waals surface area contributed by atoms with E-state index in [0.717, 1.165) is 18.4 Å². The highest BCUT2D eigenvalue weighted by atomic mass is 16.6. The Kier molecular flexibility index (Phi) is 24.4. The van der Waals surface area contributed by atoms with Gasteiger partial charge in [0.05, 0.1) is 30.4 Å². The van der Waals surface area contributed by atoms with Gasteiger partial charge in [-0.25, -0.2) is 9.48 Å². The van der Waals surface area contributed by atoms with Crippen molar-refractivity contribution < 1.29 is 57.9 Å². The van der Waals surface area contributed by atoms with Crippen molar-refractivity contribution in [2.24, 2.45) is 35.5 Å². The summed E-state index contributed by atoms with van der Waals surface area (Å²) in [6.45, 7) is 14.6. The molecule has 1 saturated carbocycles. The van der Waals surface area contributed by atoms with E-state index < -0.39 is 77.8 Å². The number of tetrazole rings is 1. The lowest BCUT2D eigenvalue weighted by Crippen LogP contribution is -2.61. The third kappa shape index (κ3) is 16.6. The number of aliphatic hydroxyl groups is 2. The summed E-state index contributed by atoms with van der Waals surface area (Å²) in [5, 5.41) is 42.8. The lowest BCUT2D eigenvalue weighted by Gasteiger charge is -2.42. The molecule has 15 atom stereocenters. The molecule has 5 rings (SSSR count). The minimum absolute atomic E-state index is 0.0170. The highest BCUT2D eigenvalue weighted by Gasteiger charge is 2.53. The molecule has 2 N–H and O–H groups in total. The standard InChI is InChI=1S/C52H79N5O12.C3H5N/c1-31-16-12-11-13-17-32(2)43(65-8)28-39-21-19-37(7)52(64,69-39)49(61)50(62)56-23-15-14-18-41(56)51(63)68-44(34(4)26-38-20-22-40(45(27-38)66-9)57-30-53-54-55-57)29-42(58)33(3)25-36(6)47(60)48(67-10)46(59)35(5)24-31;1-2-3-4/h11-13,16-17,25,30-31,33-35,37-41,43-45,47-48,60,64H,14-15,18-24,26-29H2,1-10H3;2H2,1H3/b13-11?,16-12+,32-17?,36-25+;/t31-,33-,34-,35-,37-,38+,39?,40+,41+,43+,44+,45-,47-,48+,52-;/m1./s1. The molecule has 0 aromatic carbocycles. The number of carbonyl (C=O) groups is 5. The predicted molar refractivity (Wildman–Crippen MR) is 272 cm³/mol. The van der Waals surface area contributed by atoms with E-state index in [2.05, 4.69) is 15.5 Å². The molecular weight excluding hydrogens is 937 g/mol. The third-order valence-corrected chi connectivity index (χ3v) is 15.3. The summed E-state index contributed by atoms with van der Waals surface area (Å²) in [6.07, 6.45) is 14.6. The number of nitrogens with zero attached hydrogens (tertiary/aromatic N) is 6. The Labute approximate surface area is 432 Å². The van der Waals surface area contributed by atoms with Gasteiger partial charge in [-0.15, -0.1) is 5.10 Å². The first-order valence-corrected chi connectivity index (χ1v) is 26.3. The number of hydrogen-bond acceptors (Lipinski definition) is 16. The van der Waals surface area contributed by atoms with Gasteiger partial charge in [0.25, 0.3) is 11.7 Å². The van der Waals surface area contributed by atoms with Gasteiger partial charge in [0.1, 0.15) is 36.5 Å². The Morgan fingerprint density at radius 1 is 0.918 bits per heavy atom. The quantitative estimate of drug-likeness (QED) is 0.159. The van der Waals surface area contributed by atoms with Gasteiger partial charge in [-0.05, 0) is 117 Å². The summed E-state index contributed by atoms with van der Waals surface area (Å²) in [4.78, 5) is 72.3. The van der Waals surface area contributed by atoms with E-state index in [0.29, 0.717) is 63.4 Å². The molecule has 18 nitrogen and oxygen atoms in total. The first-order valence-electron chi connectivity index (χ1n) is 26.3. The maximum atomic E-state index is 14.5. The van der Waals surface area contributed by atoms with Crippen molar-refractivity contribution in [3.05, 3.63) is 53.9 Å².